The Morgan fingerprint density at radius 2 is 0.636 bits per heavy atom. The summed E-state index contributed by atoms with van der Waals surface area (Å²) in [6.07, 6.45) is 13.6. The van der Waals surface area contributed by atoms with Gasteiger partial charge in [-0.1, -0.05) is 19.8 Å². The van der Waals surface area contributed by atoms with Crippen molar-refractivity contribution in [3.63, 3.8) is 0 Å². The number of likely N-dealkylation sites (N-methyl/N-ethyl adjacent to an activating group) is 5. The molecule has 14 bridgehead atoms. The Kier molecular flexibility index (Phi) is 45.5. The summed E-state index contributed by atoms with van der Waals surface area (Å²) in [7, 11) is 21.6. The molecule has 15 saturated heterocycles. The number of carbonyl (C=O) groups is 14. The molecular formula is C86H154N26O28. The van der Waals surface area contributed by atoms with Gasteiger partial charge in [0.15, 0.2) is 0 Å². The minimum atomic E-state index is -0.485. The number of fused-ring (bicyclic) bond motifs is 14. The Balaban J connectivity index is 0.000000183. The highest BCUT2D eigenvalue weighted by Crippen LogP contribution is 2.37. The van der Waals surface area contributed by atoms with E-state index in [2.05, 4.69) is 74.5 Å². The lowest BCUT2D eigenvalue weighted by molar-refractivity contribution is -0.174. The zero-order chi connectivity index (χ0) is 102. The van der Waals surface area contributed by atoms with Crippen LogP contribution in [0, 0.1) is 0 Å². The van der Waals surface area contributed by atoms with Gasteiger partial charge in [0.25, 0.3) is 41.4 Å². The molecule has 0 aromatic carbocycles. The Morgan fingerprint density at radius 1 is 0.364 bits per heavy atom. The Bertz CT molecular complexity index is 3980. The number of hydroxylamine groups is 22. The van der Waals surface area contributed by atoms with Crippen molar-refractivity contribution in [1.29, 1.82) is 0 Å². The van der Waals surface area contributed by atoms with Crippen LogP contribution in [0.2, 0.25) is 0 Å². The van der Waals surface area contributed by atoms with Crippen molar-refractivity contribution in [2.24, 2.45) is 0 Å². The number of piperidine rings is 7. The van der Waals surface area contributed by atoms with Crippen LogP contribution < -0.4 is 48.8 Å². The van der Waals surface area contributed by atoms with E-state index >= 15 is 0 Å². The first-order chi connectivity index (χ1) is 67.1. The zero-order valence-corrected chi connectivity index (χ0v) is 84.7. The van der Waals surface area contributed by atoms with E-state index in [9.17, 15) is 67.1 Å². The van der Waals surface area contributed by atoms with Crippen molar-refractivity contribution in [2.45, 2.75) is 266 Å². The van der Waals surface area contributed by atoms with Gasteiger partial charge in [-0.25, -0.2) is 71.5 Å². The summed E-state index contributed by atoms with van der Waals surface area (Å²) in [4.78, 5) is 256. The number of amides is 21. The van der Waals surface area contributed by atoms with E-state index in [1.54, 1.807) is 24.5 Å². The average Bonchev–Trinajstić information content (AvgIpc) is 1.63. The average molecular weight is 2000 g/mol. The van der Waals surface area contributed by atoms with Gasteiger partial charge in [0.05, 0.1) is 144 Å². The molecular weight excluding hydrogens is 1850 g/mol. The number of hydrogen-bond donors (Lipinski definition) is 9. The molecule has 0 spiro atoms. The molecule has 15 heterocycles. The van der Waals surface area contributed by atoms with Gasteiger partial charge in [0, 0.05) is 83.6 Å². The Hall–Kier alpha value is -9.58. The molecule has 796 valence electrons. The fraction of sp³-hybridized carbons (Fsp3) is 0.837. The standard InChI is InChI=1S/C14H26N4O4.C13H23N3O4.4C12H22N4O4.C11H17N3O4/c1-10(2)16(3)7-8-22-15-13(19)12-6-5-11-9-17(12)14(20)18(11)21-4;1-3-4-5-8-20-14-12(17)11-7-6-10-9-15(11)13(18)16(10)19-2;2*1-8(13-2)7-20-14-11(17)10-5-4-9-6-15(10)12(18)16(9)19-3;1-8(6-13-2)20-14-11(17)10-5-4-9-7-15(10)12(18)16(9)19-3;1-14(2)6-7-20-13-11(17)10-5-4-9-8-15(10)12(18)16(9)19-3;1-17-14-8-3-4-9(12(7-8)11(14)16)10(15)13-5-2-6-18-13/h10-12H,5-9H2,1-4H3,(H,15,19);10-11H,3-9H2,1-2H3,(H,14,17);3*8-10,13H,4-7H2,1-3H3,(H,14,17);9-10H,4-8H2,1-3H3,(H,13,17);8-9H,2-7H2,1H3/t11-,12+;10-,11+;8-,9+,10-;8-,9-,10+;8-,9+,10-;9-,10+;8-,9+/m1101011/s1. The van der Waals surface area contributed by atoms with Crippen molar-refractivity contribution >= 4 is 83.6 Å². The first kappa shape index (κ1) is 114. The summed E-state index contributed by atoms with van der Waals surface area (Å²) in [5.74, 6) is -1.72. The molecule has 15 aliphatic rings. The second-order valence-electron chi connectivity index (χ2n) is 36.9. The molecule has 0 saturated carbocycles. The zero-order valence-electron chi connectivity index (χ0n) is 84.7. The third kappa shape index (κ3) is 29.2. The van der Waals surface area contributed by atoms with Crippen LogP contribution >= 0.6 is 0 Å². The lowest BCUT2D eigenvalue weighted by Gasteiger charge is -2.31. The van der Waals surface area contributed by atoms with Crippen LogP contribution in [0.15, 0.2) is 0 Å². The largest absolute Gasteiger partial charge is 0.345 e. The van der Waals surface area contributed by atoms with Crippen molar-refractivity contribution in [2.75, 3.05) is 204 Å². The van der Waals surface area contributed by atoms with Gasteiger partial charge >= 0.3 is 42.2 Å². The van der Waals surface area contributed by atoms with Crippen LogP contribution in [0.1, 0.15) is 157 Å². The maximum atomic E-state index is 12.3. The van der Waals surface area contributed by atoms with Crippen LogP contribution in [0.4, 0.5) is 33.6 Å². The van der Waals surface area contributed by atoms with E-state index in [0.717, 1.165) is 77.2 Å². The molecule has 140 heavy (non-hydrogen) atoms. The monoisotopic (exact) mass is 2000 g/mol. The predicted molar refractivity (Wildman–Crippen MR) is 493 cm³/mol. The summed E-state index contributed by atoms with van der Waals surface area (Å²) in [6, 6.07) is -3.88. The van der Waals surface area contributed by atoms with E-state index in [0.29, 0.717) is 156 Å². The first-order valence-electron chi connectivity index (χ1n) is 48.4. The molecule has 0 aromatic heterocycles. The van der Waals surface area contributed by atoms with Gasteiger partial charge in [-0.15, -0.1) is 0 Å². The second-order valence-corrected chi connectivity index (χ2v) is 36.9. The highest BCUT2D eigenvalue weighted by molar-refractivity contribution is 5.92. The number of nitrogens with zero attached hydrogens (tertiary/aromatic N) is 17. The number of unbranched alkanes of at least 4 members (excludes halogenated alkanes) is 2. The topological polar surface area (TPSA) is 532 Å². The lowest BCUT2D eigenvalue weighted by atomic mass is 10.0. The van der Waals surface area contributed by atoms with Crippen molar-refractivity contribution in [1.82, 2.24) is 133 Å². The van der Waals surface area contributed by atoms with Crippen molar-refractivity contribution in [3.05, 3.63) is 0 Å². The molecule has 0 unspecified atom stereocenters. The van der Waals surface area contributed by atoms with Crippen LogP contribution in [-0.2, 0) is 101 Å². The van der Waals surface area contributed by atoms with E-state index in [-0.39, 0.29) is 144 Å². The van der Waals surface area contributed by atoms with Crippen molar-refractivity contribution in [3.8, 4) is 0 Å². The summed E-state index contributed by atoms with van der Waals surface area (Å²) in [5, 5.41) is 19.8. The SMILES string of the molecule is CCCCCONC(=O)[C@@H]1CC[C@@H]2CN1C(=O)N2OC.CNC[C@H](C)ONC(=O)[C@@H]1CC[C@@H]2CN1C(=O)N2OC.CN[C@@H](C)CONC(=O)[C@@H]1CC[C@@H]2CN1C(=O)N2OC.CN[C@H](C)CONC(=O)[C@@H]1CC[C@@H]2CN1C(=O)N2OC.CON1C(=O)N2C[C@H]1CC[C@H]2C(=O)N1CCCO1.CON1C(=O)N2C[C@H]1CC[C@H]2C(=O)NOCCN(C)C.CON1C(=O)N2C[C@H]1CC[C@H]2C(=O)NOCCN(C)C(C)C. The van der Waals surface area contributed by atoms with E-state index in [4.69, 9.17) is 67.7 Å². The number of nitrogens with one attached hydrogen (secondary N) is 9. The maximum absolute atomic E-state index is 12.3. The van der Waals surface area contributed by atoms with E-state index in [1.807, 2.05) is 68.0 Å². The normalized spacial score (nSPS) is 26.6. The number of rotatable bonds is 40. The highest BCUT2D eigenvalue weighted by Gasteiger charge is 2.55. The molecule has 17 atom stereocenters. The molecule has 9 N–H and O–H groups in total. The fourth-order valence-corrected chi connectivity index (χ4v) is 18.7. The lowest BCUT2D eigenvalue weighted by Crippen LogP contribution is -2.50. The van der Waals surface area contributed by atoms with Crippen LogP contribution in [-0.4, -0.2) is 481 Å². The number of hydrogen-bond acceptors (Lipinski definition) is 33. The highest BCUT2D eigenvalue weighted by atomic mass is 16.7. The van der Waals surface area contributed by atoms with Gasteiger partial charge in [0.1, 0.15) is 42.3 Å². The molecule has 0 aromatic rings. The Labute approximate surface area is 818 Å². The number of carbonyl (C=O) groups excluding carboxylic acids is 14. The van der Waals surface area contributed by atoms with Gasteiger partial charge in [-0.2, -0.15) is 35.4 Å². The third-order valence-corrected chi connectivity index (χ3v) is 27.0. The molecule has 15 aliphatic heterocycles. The molecule has 54 nitrogen and oxygen atoms in total. The Morgan fingerprint density at radius 3 is 0.893 bits per heavy atom. The minimum absolute atomic E-state index is 0.0423. The summed E-state index contributed by atoms with van der Waals surface area (Å²) in [5.41, 5.74) is 14.6. The molecule has 21 amide bonds. The van der Waals surface area contributed by atoms with Crippen LogP contribution in [0.25, 0.3) is 0 Å². The minimum Gasteiger partial charge on any atom is -0.317 e. The molecule has 15 rings (SSSR count). The maximum Gasteiger partial charge on any atom is 0.345 e. The summed E-state index contributed by atoms with van der Waals surface area (Å²) < 4.78 is 0. The van der Waals surface area contributed by atoms with E-state index < -0.39 is 42.3 Å². The fourth-order valence-electron chi connectivity index (χ4n) is 18.7. The summed E-state index contributed by atoms with van der Waals surface area (Å²) in [6.45, 7) is 21.1. The smallest absolute Gasteiger partial charge is 0.317 e. The predicted octanol–water partition coefficient (Wildman–Crippen LogP) is -0.919. The molecule has 15 fully saturated rings. The molecule has 0 radical (unpaired) electrons. The molecule has 54 heteroatoms. The quantitative estimate of drug-likeness (QED) is 0.0265. The van der Waals surface area contributed by atoms with Gasteiger partial charge in [-0.3, -0.25) is 101 Å². The van der Waals surface area contributed by atoms with Crippen LogP contribution in [0.5, 0.6) is 0 Å². The van der Waals surface area contributed by atoms with Crippen LogP contribution in [0.3, 0.4) is 0 Å². The van der Waals surface area contributed by atoms with Gasteiger partial charge in [-0.05, 0) is 180 Å². The summed E-state index contributed by atoms with van der Waals surface area (Å²) >= 11 is 0. The molecule has 0 aliphatic carbocycles. The van der Waals surface area contributed by atoms with Crippen molar-refractivity contribution < 1.29 is 135 Å². The first-order valence-corrected chi connectivity index (χ1v) is 48.4. The van der Waals surface area contributed by atoms with Gasteiger partial charge < -0.3 is 60.0 Å². The second kappa shape index (κ2) is 55.9. The van der Waals surface area contributed by atoms with Gasteiger partial charge in [0.2, 0.25) is 0 Å². The number of urea groups is 7. The van der Waals surface area contributed by atoms with E-state index in [1.165, 1.54) is 100 Å². The third-order valence-electron chi connectivity index (χ3n) is 27.0.